The molecule has 0 aromatic heterocycles. The molecule has 2 rings (SSSR count). The van der Waals surface area contributed by atoms with Crippen LogP contribution in [-0.2, 0) is 0 Å². The monoisotopic (exact) mass is 329 g/mol. The van der Waals surface area contributed by atoms with Crippen LogP contribution >= 0.6 is 15.9 Å². The lowest BCUT2D eigenvalue weighted by molar-refractivity contribution is 0.483. The van der Waals surface area contributed by atoms with Crippen LogP contribution in [0, 0.1) is 17.5 Å². The smallest absolute Gasteiger partial charge is 0.161 e. The van der Waals surface area contributed by atoms with Crippen molar-refractivity contribution < 1.29 is 13.2 Å². The Morgan fingerprint density at radius 1 is 0.947 bits per heavy atom. The maximum Gasteiger partial charge on any atom is 0.161 e. The molecule has 0 radical (unpaired) electrons. The molecule has 19 heavy (non-hydrogen) atoms. The zero-order chi connectivity index (χ0) is 14.0. The second kappa shape index (κ2) is 5.75. The van der Waals surface area contributed by atoms with Gasteiger partial charge in [-0.1, -0.05) is 34.1 Å². The topological polar surface area (TPSA) is 12.0 Å². The summed E-state index contributed by atoms with van der Waals surface area (Å²) in [5.41, 5.74) is 0.809. The van der Waals surface area contributed by atoms with Crippen LogP contribution in [0.25, 0.3) is 0 Å². The Bertz CT molecular complexity index is 601. The van der Waals surface area contributed by atoms with Crippen LogP contribution in [0.3, 0.4) is 0 Å². The number of halogens is 4. The van der Waals surface area contributed by atoms with Gasteiger partial charge in [-0.15, -0.1) is 0 Å². The van der Waals surface area contributed by atoms with Crippen molar-refractivity contribution in [2.75, 3.05) is 7.05 Å². The van der Waals surface area contributed by atoms with Gasteiger partial charge in [0.2, 0.25) is 0 Å². The first-order valence-electron chi connectivity index (χ1n) is 5.60. The lowest BCUT2D eigenvalue weighted by Gasteiger charge is -2.19. The molecule has 0 amide bonds. The van der Waals surface area contributed by atoms with Gasteiger partial charge in [0.1, 0.15) is 5.82 Å². The molecule has 0 spiro atoms. The van der Waals surface area contributed by atoms with E-state index in [-0.39, 0.29) is 5.56 Å². The number of hydrogen-bond acceptors (Lipinski definition) is 1. The molecule has 0 aliphatic carbocycles. The van der Waals surface area contributed by atoms with Crippen LogP contribution < -0.4 is 5.32 Å². The summed E-state index contributed by atoms with van der Waals surface area (Å²) in [5, 5.41) is 2.90. The normalized spacial score (nSPS) is 12.5. The average molecular weight is 330 g/mol. The third-order valence-corrected chi connectivity index (χ3v) is 3.58. The molecule has 1 unspecified atom stereocenters. The van der Waals surface area contributed by atoms with E-state index in [0.717, 1.165) is 16.1 Å². The number of nitrogens with one attached hydrogen (secondary N) is 1. The summed E-state index contributed by atoms with van der Waals surface area (Å²) in [6.45, 7) is 0. The van der Waals surface area contributed by atoms with Crippen LogP contribution in [0.2, 0.25) is 0 Å². The van der Waals surface area contributed by atoms with Crippen LogP contribution in [0.1, 0.15) is 17.2 Å². The van der Waals surface area contributed by atoms with Crippen molar-refractivity contribution in [1.82, 2.24) is 5.32 Å². The highest BCUT2D eigenvalue weighted by Gasteiger charge is 2.20. The van der Waals surface area contributed by atoms with Gasteiger partial charge in [-0.25, -0.2) is 13.2 Å². The summed E-state index contributed by atoms with van der Waals surface area (Å²) in [5.74, 6) is -3.04. The summed E-state index contributed by atoms with van der Waals surface area (Å²) in [6.07, 6.45) is 0. The van der Waals surface area contributed by atoms with Crippen molar-refractivity contribution in [3.8, 4) is 0 Å². The Balaban J connectivity index is 2.55. The molecule has 0 fully saturated rings. The minimum absolute atomic E-state index is 0.0632. The maximum atomic E-state index is 13.8. The first kappa shape index (κ1) is 14.1. The van der Waals surface area contributed by atoms with Crippen LogP contribution in [-0.4, -0.2) is 7.05 Å². The highest BCUT2D eigenvalue weighted by atomic mass is 79.9. The molecule has 0 aliphatic heterocycles. The van der Waals surface area contributed by atoms with E-state index < -0.39 is 23.5 Å². The predicted octanol–water partition coefficient (Wildman–Crippen LogP) is 4.18. The van der Waals surface area contributed by atoms with Gasteiger partial charge in [0.25, 0.3) is 0 Å². The van der Waals surface area contributed by atoms with E-state index in [0.29, 0.717) is 6.07 Å². The van der Waals surface area contributed by atoms with E-state index in [2.05, 4.69) is 21.2 Å². The van der Waals surface area contributed by atoms with Crippen molar-refractivity contribution in [3.05, 3.63) is 69.4 Å². The first-order chi connectivity index (χ1) is 9.04. The molecule has 0 aliphatic rings. The van der Waals surface area contributed by atoms with Gasteiger partial charge in [-0.3, -0.25) is 0 Å². The maximum absolute atomic E-state index is 13.8. The van der Waals surface area contributed by atoms with Crippen molar-refractivity contribution in [1.29, 1.82) is 0 Å². The SMILES string of the molecule is CNC(c1cc(F)c(F)cc1F)c1ccccc1Br. The first-order valence-corrected chi connectivity index (χ1v) is 6.40. The summed E-state index contributed by atoms with van der Waals surface area (Å²) in [4.78, 5) is 0. The zero-order valence-electron chi connectivity index (χ0n) is 10.1. The molecule has 0 heterocycles. The van der Waals surface area contributed by atoms with Crippen LogP contribution in [0.4, 0.5) is 13.2 Å². The Hall–Kier alpha value is -1.33. The van der Waals surface area contributed by atoms with Gasteiger partial charge in [-0.05, 0) is 24.7 Å². The van der Waals surface area contributed by atoms with E-state index in [1.54, 1.807) is 25.2 Å². The minimum Gasteiger partial charge on any atom is -0.309 e. The van der Waals surface area contributed by atoms with Gasteiger partial charge in [-0.2, -0.15) is 0 Å². The fourth-order valence-electron chi connectivity index (χ4n) is 1.95. The molecule has 2 aromatic carbocycles. The molecule has 2 aromatic rings. The fourth-order valence-corrected chi connectivity index (χ4v) is 2.46. The van der Waals surface area contributed by atoms with Crippen molar-refractivity contribution in [2.24, 2.45) is 0 Å². The molecule has 1 N–H and O–H groups in total. The summed E-state index contributed by atoms with van der Waals surface area (Å²) >= 11 is 3.36. The molecule has 0 bridgehead atoms. The minimum atomic E-state index is -1.19. The lowest BCUT2D eigenvalue weighted by atomic mass is 9.98. The zero-order valence-corrected chi connectivity index (χ0v) is 11.6. The van der Waals surface area contributed by atoms with Crippen molar-refractivity contribution in [2.45, 2.75) is 6.04 Å². The Labute approximate surface area is 117 Å². The summed E-state index contributed by atoms with van der Waals surface area (Å²) in [6, 6.07) is 8.08. The van der Waals surface area contributed by atoms with Gasteiger partial charge in [0.15, 0.2) is 11.6 Å². The quantitative estimate of drug-likeness (QED) is 0.833. The second-order valence-corrected chi connectivity index (χ2v) is 4.89. The van der Waals surface area contributed by atoms with E-state index in [1.165, 1.54) is 0 Å². The van der Waals surface area contributed by atoms with E-state index >= 15 is 0 Å². The fraction of sp³-hybridized carbons (Fsp3) is 0.143. The Morgan fingerprint density at radius 2 is 1.58 bits per heavy atom. The molecule has 5 heteroatoms. The van der Waals surface area contributed by atoms with Gasteiger partial charge < -0.3 is 5.32 Å². The molecular weight excluding hydrogens is 319 g/mol. The third-order valence-electron chi connectivity index (χ3n) is 2.86. The van der Waals surface area contributed by atoms with Crippen LogP contribution in [0.5, 0.6) is 0 Å². The largest absolute Gasteiger partial charge is 0.309 e. The highest BCUT2D eigenvalue weighted by Crippen LogP contribution is 2.30. The Kier molecular flexibility index (Phi) is 4.27. The average Bonchev–Trinajstić information content (AvgIpc) is 2.38. The molecule has 1 atom stereocenters. The van der Waals surface area contributed by atoms with Gasteiger partial charge in [0, 0.05) is 16.1 Å². The molecule has 0 saturated carbocycles. The van der Waals surface area contributed by atoms with Crippen molar-refractivity contribution in [3.63, 3.8) is 0 Å². The molecular formula is C14H11BrF3N. The van der Waals surface area contributed by atoms with Gasteiger partial charge in [0.05, 0.1) is 6.04 Å². The second-order valence-electron chi connectivity index (χ2n) is 4.03. The van der Waals surface area contributed by atoms with E-state index in [9.17, 15) is 13.2 Å². The number of rotatable bonds is 3. The predicted molar refractivity (Wildman–Crippen MR) is 71.4 cm³/mol. The molecule has 100 valence electrons. The number of benzene rings is 2. The van der Waals surface area contributed by atoms with E-state index in [1.807, 2.05) is 6.07 Å². The molecule has 1 nitrogen and oxygen atoms in total. The standard InChI is InChI=1S/C14H11BrF3N/c1-19-14(8-4-2-3-5-10(8)15)9-6-12(17)13(18)7-11(9)16/h2-7,14,19H,1H3. The third kappa shape index (κ3) is 2.82. The Morgan fingerprint density at radius 3 is 2.21 bits per heavy atom. The van der Waals surface area contributed by atoms with Gasteiger partial charge >= 0.3 is 0 Å². The van der Waals surface area contributed by atoms with E-state index in [4.69, 9.17) is 0 Å². The van der Waals surface area contributed by atoms with Crippen molar-refractivity contribution >= 4 is 15.9 Å². The summed E-state index contributed by atoms with van der Waals surface area (Å²) < 4.78 is 40.8. The number of hydrogen-bond donors (Lipinski definition) is 1. The molecule has 0 saturated heterocycles. The summed E-state index contributed by atoms with van der Waals surface area (Å²) in [7, 11) is 1.63. The highest BCUT2D eigenvalue weighted by molar-refractivity contribution is 9.10. The van der Waals surface area contributed by atoms with Crippen LogP contribution in [0.15, 0.2) is 40.9 Å². The lowest BCUT2D eigenvalue weighted by Crippen LogP contribution is -2.20.